The normalized spacial score (nSPS) is 11.2. The van der Waals surface area contributed by atoms with E-state index in [-0.39, 0.29) is 0 Å². The summed E-state index contributed by atoms with van der Waals surface area (Å²) in [4.78, 5) is 0. The van der Waals surface area contributed by atoms with E-state index in [9.17, 15) is 0 Å². The molecule has 0 aliphatic heterocycles. The van der Waals surface area contributed by atoms with E-state index in [0.29, 0.717) is 5.92 Å². The summed E-state index contributed by atoms with van der Waals surface area (Å²) in [5.74, 6) is 0.468. The van der Waals surface area contributed by atoms with Gasteiger partial charge in [-0.05, 0) is 24.0 Å². The molecule has 0 amide bonds. The minimum atomic E-state index is 0.468. The summed E-state index contributed by atoms with van der Waals surface area (Å²) in [6.07, 6.45) is 6.72. The van der Waals surface area contributed by atoms with Crippen molar-refractivity contribution in [2.24, 2.45) is 0 Å². The molecule has 2 rings (SSSR count). The number of hydrogen-bond donors (Lipinski definition) is 0. The quantitative estimate of drug-likeness (QED) is 0.628. The van der Waals surface area contributed by atoms with Gasteiger partial charge in [-0.1, -0.05) is 79.7 Å². The SMILES string of the molecule is CCC=CCC(c1ccccc1)c1ccccc1. The van der Waals surface area contributed by atoms with Crippen molar-refractivity contribution in [3.8, 4) is 0 Å². The van der Waals surface area contributed by atoms with E-state index < -0.39 is 0 Å². The Balaban J connectivity index is 2.26. The molecule has 0 unspecified atom stereocenters. The fourth-order valence-electron chi connectivity index (χ4n) is 2.23. The topological polar surface area (TPSA) is 0 Å². The Morgan fingerprint density at radius 3 is 1.72 bits per heavy atom. The zero-order valence-corrected chi connectivity index (χ0v) is 10.9. The maximum atomic E-state index is 2.30. The lowest BCUT2D eigenvalue weighted by molar-refractivity contribution is 0.827. The molecule has 2 aromatic carbocycles. The lowest BCUT2D eigenvalue weighted by Gasteiger charge is -2.16. The first-order valence-corrected chi connectivity index (χ1v) is 6.66. The van der Waals surface area contributed by atoms with Gasteiger partial charge in [-0.2, -0.15) is 0 Å². The Morgan fingerprint density at radius 2 is 1.28 bits per heavy atom. The molecule has 0 atom stereocenters. The van der Waals surface area contributed by atoms with E-state index in [1.807, 2.05) is 0 Å². The molecular formula is C18H20. The van der Waals surface area contributed by atoms with Gasteiger partial charge in [0.1, 0.15) is 0 Å². The van der Waals surface area contributed by atoms with Gasteiger partial charge in [-0.15, -0.1) is 0 Å². The fraction of sp³-hybridized carbons (Fsp3) is 0.222. The molecule has 0 fully saturated rings. The average molecular weight is 236 g/mol. The second kappa shape index (κ2) is 6.80. The molecule has 0 aliphatic rings. The van der Waals surface area contributed by atoms with Gasteiger partial charge in [0.15, 0.2) is 0 Å². The van der Waals surface area contributed by atoms with Crippen molar-refractivity contribution < 1.29 is 0 Å². The van der Waals surface area contributed by atoms with E-state index in [0.717, 1.165) is 12.8 Å². The monoisotopic (exact) mass is 236 g/mol. The van der Waals surface area contributed by atoms with Crippen molar-refractivity contribution in [3.05, 3.63) is 83.9 Å². The smallest absolute Gasteiger partial charge is 0.0124 e. The van der Waals surface area contributed by atoms with E-state index in [1.54, 1.807) is 0 Å². The number of benzene rings is 2. The summed E-state index contributed by atoms with van der Waals surface area (Å²) >= 11 is 0. The van der Waals surface area contributed by atoms with Gasteiger partial charge in [0.2, 0.25) is 0 Å². The Kier molecular flexibility index (Phi) is 4.78. The molecule has 0 heterocycles. The molecule has 92 valence electrons. The van der Waals surface area contributed by atoms with Gasteiger partial charge < -0.3 is 0 Å². The zero-order valence-electron chi connectivity index (χ0n) is 10.9. The van der Waals surface area contributed by atoms with Crippen molar-refractivity contribution in [2.45, 2.75) is 25.7 Å². The molecule has 0 radical (unpaired) electrons. The lowest BCUT2D eigenvalue weighted by atomic mass is 9.88. The summed E-state index contributed by atoms with van der Waals surface area (Å²) in [7, 11) is 0. The van der Waals surface area contributed by atoms with Crippen molar-refractivity contribution in [1.29, 1.82) is 0 Å². The first-order chi connectivity index (χ1) is 8.92. The van der Waals surface area contributed by atoms with Gasteiger partial charge in [0.05, 0.1) is 0 Å². The maximum absolute atomic E-state index is 2.30. The van der Waals surface area contributed by atoms with Crippen LogP contribution in [-0.2, 0) is 0 Å². The third-order valence-electron chi connectivity index (χ3n) is 3.18. The highest BCUT2D eigenvalue weighted by Gasteiger charge is 2.11. The summed E-state index contributed by atoms with van der Waals surface area (Å²) < 4.78 is 0. The predicted octanol–water partition coefficient (Wildman–Crippen LogP) is 5.17. The predicted molar refractivity (Wildman–Crippen MR) is 78.8 cm³/mol. The molecule has 0 aliphatic carbocycles. The van der Waals surface area contributed by atoms with Crippen LogP contribution in [0.25, 0.3) is 0 Å². The summed E-state index contributed by atoms with van der Waals surface area (Å²) in [6, 6.07) is 21.5. The van der Waals surface area contributed by atoms with Gasteiger partial charge in [-0.25, -0.2) is 0 Å². The van der Waals surface area contributed by atoms with E-state index >= 15 is 0 Å². The van der Waals surface area contributed by atoms with Crippen LogP contribution in [0.5, 0.6) is 0 Å². The largest absolute Gasteiger partial charge is 0.0888 e. The van der Waals surface area contributed by atoms with Crippen LogP contribution in [0.1, 0.15) is 36.8 Å². The third-order valence-corrected chi connectivity index (χ3v) is 3.18. The highest BCUT2D eigenvalue weighted by molar-refractivity contribution is 5.32. The van der Waals surface area contributed by atoms with Crippen LogP contribution in [0, 0.1) is 0 Å². The zero-order chi connectivity index (χ0) is 12.6. The van der Waals surface area contributed by atoms with Crippen LogP contribution < -0.4 is 0 Å². The Labute approximate surface area is 110 Å². The second-order valence-electron chi connectivity index (χ2n) is 4.49. The lowest BCUT2D eigenvalue weighted by Crippen LogP contribution is -1.99. The van der Waals surface area contributed by atoms with E-state index in [2.05, 4.69) is 79.7 Å². The van der Waals surface area contributed by atoms with E-state index in [4.69, 9.17) is 0 Å². The molecule has 0 saturated carbocycles. The van der Waals surface area contributed by atoms with Crippen LogP contribution >= 0.6 is 0 Å². The van der Waals surface area contributed by atoms with Crippen LogP contribution in [0.15, 0.2) is 72.8 Å². The van der Waals surface area contributed by atoms with Crippen molar-refractivity contribution in [3.63, 3.8) is 0 Å². The van der Waals surface area contributed by atoms with Crippen LogP contribution in [-0.4, -0.2) is 0 Å². The first-order valence-electron chi connectivity index (χ1n) is 6.66. The van der Waals surface area contributed by atoms with Gasteiger partial charge in [0.25, 0.3) is 0 Å². The fourth-order valence-corrected chi connectivity index (χ4v) is 2.23. The molecule has 0 N–H and O–H groups in total. The molecule has 0 nitrogen and oxygen atoms in total. The summed E-state index contributed by atoms with van der Waals surface area (Å²) in [5.41, 5.74) is 2.79. The number of rotatable bonds is 5. The molecule has 0 heteroatoms. The molecule has 0 bridgehead atoms. The molecule has 0 spiro atoms. The minimum Gasteiger partial charge on any atom is -0.0888 e. The Morgan fingerprint density at radius 1 is 0.778 bits per heavy atom. The van der Waals surface area contributed by atoms with E-state index in [1.165, 1.54) is 11.1 Å². The summed E-state index contributed by atoms with van der Waals surface area (Å²) in [6.45, 7) is 2.18. The molecule has 0 saturated heterocycles. The number of hydrogen-bond acceptors (Lipinski definition) is 0. The van der Waals surface area contributed by atoms with Crippen molar-refractivity contribution in [2.75, 3.05) is 0 Å². The van der Waals surface area contributed by atoms with Crippen LogP contribution in [0.2, 0.25) is 0 Å². The minimum absolute atomic E-state index is 0.468. The standard InChI is InChI=1S/C18H20/c1-2-3-6-15-18(16-11-7-4-8-12-16)17-13-9-5-10-14-17/h3-14,18H,2,15H2,1H3. The molecular weight excluding hydrogens is 216 g/mol. The second-order valence-corrected chi connectivity index (χ2v) is 4.49. The van der Waals surface area contributed by atoms with Gasteiger partial charge in [-0.3, -0.25) is 0 Å². The average Bonchev–Trinajstić information content (AvgIpc) is 2.46. The molecule has 18 heavy (non-hydrogen) atoms. The van der Waals surface area contributed by atoms with Gasteiger partial charge in [0, 0.05) is 5.92 Å². The Hall–Kier alpha value is -1.82. The van der Waals surface area contributed by atoms with Gasteiger partial charge >= 0.3 is 0 Å². The number of allylic oxidation sites excluding steroid dienone is 2. The van der Waals surface area contributed by atoms with Crippen molar-refractivity contribution >= 4 is 0 Å². The highest BCUT2D eigenvalue weighted by atomic mass is 14.1. The maximum Gasteiger partial charge on any atom is 0.0124 e. The Bertz CT molecular complexity index is 428. The van der Waals surface area contributed by atoms with Crippen LogP contribution in [0.4, 0.5) is 0 Å². The highest BCUT2D eigenvalue weighted by Crippen LogP contribution is 2.28. The third kappa shape index (κ3) is 3.33. The van der Waals surface area contributed by atoms with Crippen molar-refractivity contribution in [1.82, 2.24) is 0 Å². The molecule has 0 aromatic heterocycles. The van der Waals surface area contributed by atoms with Crippen LogP contribution in [0.3, 0.4) is 0 Å². The summed E-state index contributed by atoms with van der Waals surface area (Å²) in [5, 5.41) is 0. The molecule has 2 aromatic rings. The first kappa shape index (κ1) is 12.6.